The number of nitrogens with zero attached hydrogens (tertiary/aromatic N) is 2. The van der Waals surface area contributed by atoms with Gasteiger partial charge in [0.15, 0.2) is 5.96 Å². The van der Waals surface area contributed by atoms with E-state index in [9.17, 15) is 0 Å². The predicted molar refractivity (Wildman–Crippen MR) is 99.5 cm³/mol. The zero-order chi connectivity index (χ0) is 16.6. The van der Waals surface area contributed by atoms with E-state index >= 15 is 0 Å². The molecule has 2 N–H and O–H groups in total. The third-order valence-corrected chi connectivity index (χ3v) is 5.51. The maximum atomic E-state index is 5.37. The van der Waals surface area contributed by atoms with Crippen molar-refractivity contribution < 1.29 is 4.74 Å². The molecule has 3 aliphatic rings. The van der Waals surface area contributed by atoms with Crippen LogP contribution in [-0.4, -0.2) is 62.3 Å². The molecule has 1 saturated heterocycles. The Kier molecular flexibility index (Phi) is 6.97. The van der Waals surface area contributed by atoms with Gasteiger partial charge < -0.3 is 15.4 Å². The van der Waals surface area contributed by atoms with Crippen molar-refractivity contribution in [3.05, 3.63) is 11.6 Å². The van der Waals surface area contributed by atoms with Gasteiger partial charge in [0.1, 0.15) is 0 Å². The molecule has 136 valence electrons. The molecule has 1 unspecified atom stereocenters. The van der Waals surface area contributed by atoms with Crippen LogP contribution in [0.15, 0.2) is 16.6 Å². The molecular formula is C19H34N4O. The van der Waals surface area contributed by atoms with Crippen molar-refractivity contribution in [2.75, 3.05) is 39.4 Å². The van der Waals surface area contributed by atoms with Gasteiger partial charge in [0.25, 0.3) is 0 Å². The van der Waals surface area contributed by atoms with E-state index in [1.165, 1.54) is 50.8 Å². The van der Waals surface area contributed by atoms with Crippen LogP contribution in [0.4, 0.5) is 0 Å². The van der Waals surface area contributed by atoms with Crippen LogP contribution in [0.5, 0.6) is 0 Å². The van der Waals surface area contributed by atoms with Gasteiger partial charge in [0.05, 0.1) is 13.2 Å². The fraction of sp³-hybridized carbons (Fsp3) is 0.842. The van der Waals surface area contributed by atoms with Crippen molar-refractivity contribution in [1.82, 2.24) is 15.5 Å². The molecule has 2 fully saturated rings. The highest BCUT2D eigenvalue weighted by atomic mass is 16.5. The second kappa shape index (κ2) is 9.42. The van der Waals surface area contributed by atoms with Crippen LogP contribution in [0.1, 0.15) is 51.9 Å². The average Bonchev–Trinajstić information content (AvgIpc) is 3.27. The SMILES string of the molecule is CCNC(=NCCC1=CCOCC1)NC1CCN(C2CCCC2)C1. The zero-order valence-corrected chi connectivity index (χ0v) is 15.2. The molecule has 1 atom stereocenters. The number of guanidine groups is 1. The Morgan fingerprint density at radius 2 is 2.21 bits per heavy atom. The van der Waals surface area contributed by atoms with Gasteiger partial charge in [-0.3, -0.25) is 9.89 Å². The highest BCUT2D eigenvalue weighted by Gasteiger charge is 2.30. The number of ether oxygens (including phenoxy) is 1. The Labute approximate surface area is 146 Å². The van der Waals surface area contributed by atoms with Crippen LogP contribution in [0.3, 0.4) is 0 Å². The van der Waals surface area contributed by atoms with E-state index < -0.39 is 0 Å². The van der Waals surface area contributed by atoms with Crippen molar-refractivity contribution in [1.29, 1.82) is 0 Å². The lowest BCUT2D eigenvalue weighted by atomic mass is 10.1. The van der Waals surface area contributed by atoms with Crippen LogP contribution in [0, 0.1) is 0 Å². The van der Waals surface area contributed by atoms with Gasteiger partial charge in [0, 0.05) is 38.3 Å². The first-order chi connectivity index (χ1) is 11.8. The molecular weight excluding hydrogens is 300 g/mol. The topological polar surface area (TPSA) is 48.9 Å². The first-order valence-electron chi connectivity index (χ1n) is 9.89. The predicted octanol–water partition coefficient (Wildman–Crippen LogP) is 2.30. The third-order valence-electron chi connectivity index (χ3n) is 5.51. The summed E-state index contributed by atoms with van der Waals surface area (Å²) >= 11 is 0. The first kappa shape index (κ1) is 17.7. The monoisotopic (exact) mass is 334 g/mol. The van der Waals surface area contributed by atoms with Crippen molar-refractivity contribution in [2.24, 2.45) is 4.99 Å². The Bertz CT molecular complexity index is 443. The summed E-state index contributed by atoms with van der Waals surface area (Å²) in [6, 6.07) is 1.39. The van der Waals surface area contributed by atoms with Gasteiger partial charge in [0.2, 0.25) is 0 Å². The summed E-state index contributed by atoms with van der Waals surface area (Å²) in [6.45, 7) is 7.98. The highest BCUT2D eigenvalue weighted by Crippen LogP contribution is 2.26. The van der Waals surface area contributed by atoms with Crippen molar-refractivity contribution in [2.45, 2.75) is 64.0 Å². The molecule has 24 heavy (non-hydrogen) atoms. The Morgan fingerprint density at radius 1 is 1.33 bits per heavy atom. The molecule has 5 heteroatoms. The van der Waals surface area contributed by atoms with E-state index in [-0.39, 0.29) is 0 Å². The molecule has 0 aromatic rings. The summed E-state index contributed by atoms with van der Waals surface area (Å²) in [5.74, 6) is 0.989. The number of likely N-dealkylation sites (tertiary alicyclic amines) is 1. The highest BCUT2D eigenvalue weighted by molar-refractivity contribution is 5.80. The third kappa shape index (κ3) is 5.21. The molecule has 3 rings (SSSR count). The fourth-order valence-electron chi connectivity index (χ4n) is 4.12. The Hall–Kier alpha value is -1.07. The molecule has 5 nitrogen and oxygen atoms in total. The standard InChI is InChI=1S/C19H34N4O/c1-2-20-19(21-11-7-16-9-13-24-14-10-16)22-17-8-12-23(15-17)18-5-3-4-6-18/h9,17-18H,2-8,10-15H2,1H3,(H2,20,21,22). The molecule has 1 aliphatic carbocycles. The number of nitrogens with one attached hydrogen (secondary N) is 2. The summed E-state index contributed by atoms with van der Waals surface area (Å²) in [5, 5.41) is 7.07. The smallest absolute Gasteiger partial charge is 0.191 e. The lowest BCUT2D eigenvalue weighted by Crippen LogP contribution is -2.45. The van der Waals surface area contributed by atoms with Crippen molar-refractivity contribution in [3.8, 4) is 0 Å². The number of aliphatic imine (C=N–C) groups is 1. The summed E-state index contributed by atoms with van der Waals surface area (Å²) in [4.78, 5) is 7.48. The zero-order valence-electron chi connectivity index (χ0n) is 15.2. The second-order valence-corrected chi connectivity index (χ2v) is 7.26. The van der Waals surface area contributed by atoms with E-state index in [0.29, 0.717) is 6.04 Å². The van der Waals surface area contributed by atoms with Gasteiger partial charge in [-0.05, 0) is 39.0 Å². The minimum atomic E-state index is 0.547. The maximum absolute atomic E-state index is 5.37. The molecule has 2 heterocycles. The van der Waals surface area contributed by atoms with E-state index in [1.54, 1.807) is 0 Å². The van der Waals surface area contributed by atoms with Crippen LogP contribution in [-0.2, 0) is 4.74 Å². The van der Waals surface area contributed by atoms with Crippen LogP contribution in [0.2, 0.25) is 0 Å². The summed E-state index contributed by atoms with van der Waals surface area (Å²) < 4.78 is 5.37. The van der Waals surface area contributed by atoms with E-state index in [1.807, 2.05) is 0 Å². The molecule has 0 radical (unpaired) electrons. The Balaban J connectivity index is 1.44. The van der Waals surface area contributed by atoms with Crippen LogP contribution in [0.25, 0.3) is 0 Å². The summed E-state index contributed by atoms with van der Waals surface area (Å²) in [6.07, 6.45) is 11.2. The van der Waals surface area contributed by atoms with Gasteiger partial charge in [-0.1, -0.05) is 24.5 Å². The van der Waals surface area contributed by atoms with Gasteiger partial charge in [-0.25, -0.2) is 0 Å². The molecule has 1 saturated carbocycles. The van der Waals surface area contributed by atoms with E-state index in [0.717, 1.165) is 51.1 Å². The average molecular weight is 335 g/mol. The minimum absolute atomic E-state index is 0.547. The molecule has 0 spiro atoms. The lowest BCUT2D eigenvalue weighted by molar-refractivity contribution is 0.153. The minimum Gasteiger partial charge on any atom is -0.377 e. The largest absolute Gasteiger partial charge is 0.377 e. The quantitative estimate of drug-likeness (QED) is 0.444. The molecule has 0 amide bonds. The fourth-order valence-corrected chi connectivity index (χ4v) is 4.12. The van der Waals surface area contributed by atoms with Gasteiger partial charge in [-0.2, -0.15) is 0 Å². The maximum Gasteiger partial charge on any atom is 0.191 e. The molecule has 0 aromatic carbocycles. The first-order valence-corrected chi connectivity index (χ1v) is 9.89. The molecule has 2 aliphatic heterocycles. The van der Waals surface area contributed by atoms with Crippen LogP contribution >= 0.6 is 0 Å². The second-order valence-electron chi connectivity index (χ2n) is 7.26. The summed E-state index contributed by atoms with van der Waals surface area (Å²) in [5.41, 5.74) is 1.49. The van der Waals surface area contributed by atoms with Crippen molar-refractivity contribution in [3.63, 3.8) is 0 Å². The van der Waals surface area contributed by atoms with E-state index in [2.05, 4.69) is 28.5 Å². The van der Waals surface area contributed by atoms with E-state index in [4.69, 9.17) is 9.73 Å². The normalized spacial score (nSPS) is 26.6. The van der Waals surface area contributed by atoms with Crippen molar-refractivity contribution >= 4 is 5.96 Å². The van der Waals surface area contributed by atoms with Gasteiger partial charge >= 0.3 is 0 Å². The Morgan fingerprint density at radius 3 is 2.96 bits per heavy atom. The number of hydrogen-bond donors (Lipinski definition) is 2. The van der Waals surface area contributed by atoms with Gasteiger partial charge in [-0.15, -0.1) is 0 Å². The lowest BCUT2D eigenvalue weighted by Gasteiger charge is -2.24. The number of hydrogen-bond acceptors (Lipinski definition) is 3. The van der Waals surface area contributed by atoms with Crippen LogP contribution < -0.4 is 10.6 Å². The number of rotatable bonds is 6. The summed E-state index contributed by atoms with van der Waals surface area (Å²) in [7, 11) is 0. The molecule has 0 bridgehead atoms. The molecule has 0 aromatic heterocycles.